The largest absolute Gasteiger partial charge is 0.494 e. The van der Waals surface area contributed by atoms with E-state index in [1.165, 1.54) is 0 Å². The number of hydrogen-bond acceptors (Lipinski definition) is 5. The number of nitrogens with zero attached hydrogens (tertiary/aromatic N) is 1. The standard InChI is InChI=1S/C18H20N2O3/c1-3-22-16-9-8-14(10-13(16)11-21)19-12(2)18-20-15-6-4-5-7-17(15)23-18/h4-10,12,19,21H,3,11H2,1-2H3. The van der Waals surface area contributed by atoms with Crippen LogP contribution in [0.5, 0.6) is 5.75 Å². The van der Waals surface area contributed by atoms with Crippen LogP contribution in [0.25, 0.3) is 11.1 Å². The maximum absolute atomic E-state index is 9.48. The quantitative estimate of drug-likeness (QED) is 0.722. The number of fused-ring (bicyclic) bond motifs is 1. The molecular formula is C18H20N2O3. The second kappa shape index (κ2) is 6.71. The molecule has 0 bridgehead atoms. The Bertz CT molecular complexity index is 765. The molecule has 0 radical (unpaired) electrons. The van der Waals surface area contributed by atoms with Gasteiger partial charge < -0.3 is 19.6 Å². The highest BCUT2D eigenvalue weighted by molar-refractivity contribution is 5.72. The zero-order chi connectivity index (χ0) is 16.2. The third-order valence-electron chi connectivity index (χ3n) is 3.59. The van der Waals surface area contributed by atoms with Crippen LogP contribution in [0.1, 0.15) is 31.3 Å². The second-order valence-corrected chi connectivity index (χ2v) is 5.30. The molecule has 0 saturated carbocycles. The zero-order valence-electron chi connectivity index (χ0n) is 13.2. The third kappa shape index (κ3) is 3.29. The van der Waals surface area contributed by atoms with Gasteiger partial charge in [-0.2, -0.15) is 0 Å². The first-order valence-electron chi connectivity index (χ1n) is 7.70. The summed E-state index contributed by atoms with van der Waals surface area (Å²) in [5.41, 5.74) is 3.26. The molecule has 3 aromatic rings. The molecular weight excluding hydrogens is 292 g/mol. The minimum absolute atomic E-state index is 0.0673. The Morgan fingerprint density at radius 2 is 2.09 bits per heavy atom. The summed E-state index contributed by atoms with van der Waals surface area (Å²) in [7, 11) is 0. The number of para-hydroxylation sites is 2. The van der Waals surface area contributed by atoms with E-state index in [-0.39, 0.29) is 12.6 Å². The first-order valence-corrected chi connectivity index (χ1v) is 7.70. The number of oxazole rings is 1. The van der Waals surface area contributed by atoms with Gasteiger partial charge in [0.2, 0.25) is 5.89 Å². The van der Waals surface area contributed by atoms with Crippen molar-refractivity contribution in [3.8, 4) is 5.75 Å². The van der Waals surface area contributed by atoms with E-state index in [1.807, 2.05) is 56.3 Å². The van der Waals surface area contributed by atoms with E-state index in [0.29, 0.717) is 18.2 Å². The lowest BCUT2D eigenvalue weighted by Gasteiger charge is -2.15. The lowest BCUT2D eigenvalue weighted by Crippen LogP contribution is -2.07. The molecule has 2 N–H and O–H groups in total. The topological polar surface area (TPSA) is 67.5 Å². The van der Waals surface area contributed by atoms with Gasteiger partial charge >= 0.3 is 0 Å². The summed E-state index contributed by atoms with van der Waals surface area (Å²) >= 11 is 0. The summed E-state index contributed by atoms with van der Waals surface area (Å²) in [6, 6.07) is 13.3. The molecule has 2 aromatic carbocycles. The van der Waals surface area contributed by atoms with Crippen LogP contribution in [0.3, 0.4) is 0 Å². The zero-order valence-corrected chi connectivity index (χ0v) is 13.2. The highest BCUT2D eigenvalue weighted by atomic mass is 16.5. The molecule has 120 valence electrons. The molecule has 1 atom stereocenters. The Balaban J connectivity index is 1.80. The maximum atomic E-state index is 9.48. The lowest BCUT2D eigenvalue weighted by molar-refractivity contribution is 0.267. The average Bonchev–Trinajstić information content (AvgIpc) is 3.00. The molecule has 5 nitrogen and oxygen atoms in total. The molecule has 1 unspecified atom stereocenters. The van der Waals surface area contributed by atoms with Crippen molar-refractivity contribution in [1.29, 1.82) is 0 Å². The van der Waals surface area contributed by atoms with Gasteiger partial charge in [0, 0.05) is 11.3 Å². The number of rotatable bonds is 6. The number of aliphatic hydroxyl groups is 1. The molecule has 0 aliphatic heterocycles. The smallest absolute Gasteiger partial charge is 0.217 e. The van der Waals surface area contributed by atoms with Gasteiger partial charge in [-0.25, -0.2) is 4.98 Å². The predicted octanol–water partition coefficient (Wildman–Crippen LogP) is 3.89. The summed E-state index contributed by atoms with van der Waals surface area (Å²) < 4.78 is 11.3. The minimum Gasteiger partial charge on any atom is -0.494 e. The fraction of sp³-hybridized carbons (Fsp3) is 0.278. The first-order chi connectivity index (χ1) is 11.2. The Labute approximate surface area is 134 Å². The summed E-state index contributed by atoms with van der Waals surface area (Å²) in [5, 5.41) is 12.8. The number of aliphatic hydroxyl groups excluding tert-OH is 1. The molecule has 3 rings (SSSR count). The van der Waals surface area contributed by atoms with E-state index in [1.54, 1.807) is 0 Å². The summed E-state index contributed by atoms with van der Waals surface area (Å²) in [6.07, 6.45) is 0. The minimum atomic E-state index is -0.0908. The van der Waals surface area contributed by atoms with Crippen molar-refractivity contribution < 1.29 is 14.3 Å². The molecule has 5 heteroatoms. The Kier molecular flexibility index (Phi) is 4.48. The molecule has 1 heterocycles. The van der Waals surface area contributed by atoms with E-state index < -0.39 is 0 Å². The monoisotopic (exact) mass is 312 g/mol. The number of benzene rings is 2. The van der Waals surface area contributed by atoms with Crippen LogP contribution in [0.2, 0.25) is 0 Å². The molecule has 1 aromatic heterocycles. The number of ether oxygens (including phenoxy) is 1. The van der Waals surface area contributed by atoms with Gasteiger partial charge in [0.05, 0.1) is 13.2 Å². The maximum Gasteiger partial charge on any atom is 0.217 e. The number of anilines is 1. The van der Waals surface area contributed by atoms with E-state index in [9.17, 15) is 5.11 Å². The molecule has 0 aliphatic rings. The third-order valence-corrected chi connectivity index (χ3v) is 3.59. The van der Waals surface area contributed by atoms with Crippen molar-refractivity contribution in [2.45, 2.75) is 26.5 Å². The van der Waals surface area contributed by atoms with Crippen molar-refractivity contribution in [1.82, 2.24) is 4.98 Å². The van der Waals surface area contributed by atoms with Crippen molar-refractivity contribution >= 4 is 16.8 Å². The lowest BCUT2D eigenvalue weighted by atomic mass is 10.1. The fourth-order valence-corrected chi connectivity index (χ4v) is 2.48. The van der Waals surface area contributed by atoms with Crippen molar-refractivity contribution in [2.24, 2.45) is 0 Å². The Hall–Kier alpha value is -2.53. The van der Waals surface area contributed by atoms with Crippen LogP contribution in [-0.2, 0) is 6.61 Å². The van der Waals surface area contributed by atoms with Crippen LogP contribution < -0.4 is 10.1 Å². The summed E-state index contributed by atoms with van der Waals surface area (Å²) in [4.78, 5) is 4.50. The summed E-state index contributed by atoms with van der Waals surface area (Å²) in [6.45, 7) is 4.41. The highest BCUT2D eigenvalue weighted by Crippen LogP contribution is 2.27. The predicted molar refractivity (Wildman–Crippen MR) is 89.6 cm³/mol. The van der Waals surface area contributed by atoms with E-state index in [2.05, 4.69) is 10.3 Å². The van der Waals surface area contributed by atoms with Crippen molar-refractivity contribution in [3.63, 3.8) is 0 Å². The molecule has 23 heavy (non-hydrogen) atoms. The van der Waals surface area contributed by atoms with Gasteiger partial charge in [-0.3, -0.25) is 0 Å². The normalized spacial score (nSPS) is 12.3. The molecule has 0 fully saturated rings. The number of nitrogens with one attached hydrogen (secondary N) is 1. The van der Waals surface area contributed by atoms with Gasteiger partial charge in [-0.1, -0.05) is 12.1 Å². The fourth-order valence-electron chi connectivity index (χ4n) is 2.48. The van der Waals surface area contributed by atoms with Crippen LogP contribution in [0.4, 0.5) is 5.69 Å². The van der Waals surface area contributed by atoms with Gasteiger partial charge in [0.25, 0.3) is 0 Å². The van der Waals surface area contributed by atoms with Gasteiger partial charge in [-0.05, 0) is 44.2 Å². The van der Waals surface area contributed by atoms with Gasteiger partial charge in [-0.15, -0.1) is 0 Å². The number of aromatic nitrogens is 1. The SMILES string of the molecule is CCOc1ccc(NC(C)c2nc3ccccc3o2)cc1CO. The van der Waals surface area contributed by atoms with Crippen LogP contribution in [-0.4, -0.2) is 16.7 Å². The van der Waals surface area contributed by atoms with Crippen LogP contribution >= 0.6 is 0 Å². The Morgan fingerprint density at radius 1 is 1.26 bits per heavy atom. The van der Waals surface area contributed by atoms with E-state index in [4.69, 9.17) is 9.15 Å². The Morgan fingerprint density at radius 3 is 2.83 bits per heavy atom. The van der Waals surface area contributed by atoms with Gasteiger partial charge in [0.15, 0.2) is 5.58 Å². The number of hydrogen-bond donors (Lipinski definition) is 2. The van der Waals surface area contributed by atoms with Crippen LogP contribution in [0, 0.1) is 0 Å². The second-order valence-electron chi connectivity index (χ2n) is 5.30. The average molecular weight is 312 g/mol. The van der Waals surface area contributed by atoms with E-state index >= 15 is 0 Å². The summed E-state index contributed by atoms with van der Waals surface area (Å²) in [5.74, 6) is 1.33. The van der Waals surface area contributed by atoms with Gasteiger partial charge in [0.1, 0.15) is 17.3 Å². The first kappa shape index (κ1) is 15.4. The van der Waals surface area contributed by atoms with Crippen LogP contribution in [0.15, 0.2) is 46.9 Å². The molecule has 0 amide bonds. The molecule has 0 aliphatic carbocycles. The highest BCUT2D eigenvalue weighted by Gasteiger charge is 2.14. The molecule has 0 spiro atoms. The molecule has 0 saturated heterocycles. The van der Waals surface area contributed by atoms with Crippen molar-refractivity contribution in [3.05, 3.63) is 53.9 Å². The van der Waals surface area contributed by atoms with E-state index in [0.717, 1.165) is 22.4 Å². The van der Waals surface area contributed by atoms with Crippen molar-refractivity contribution in [2.75, 3.05) is 11.9 Å².